The number of epoxide rings is 1. The van der Waals surface area contributed by atoms with E-state index in [1.807, 2.05) is 12.4 Å². The minimum absolute atomic E-state index is 0.418. The zero-order valence-corrected chi connectivity index (χ0v) is 6.16. The molecule has 56 valence electrons. The van der Waals surface area contributed by atoms with Gasteiger partial charge in [0.15, 0.2) is 0 Å². The van der Waals surface area contributed by atoms with E-state index in [1.165, 1.54) is 17.5 Å². The SMILES string of the molecule is c1cc2c(cn1)CCC1OC21. The number of hydrogen-bond acceptors (Lipinski definition) is 2. The van der Waals surface area contributed by atoms with Gasteiger partial charge in [-0.2, -0.15) is 0 Å². The summed E-state index contributed by atoms with van der Waals surface area (Å²) >= 11 is 0. The smallest absolute Gasteiger partial charge is 0.110 e. The second-order valence-electron chi connectivity index (χ2n) is 3.21. The average Bonchev–Trinajstić information content (AvgIpc) is 2.83. The second kappa shape index (κ2) is 1.83. The third kappa shape index (κ3) is 0.730. The van der Waals surface area contributed by atoms with Crippen molar-refractivity contribution < 1.29 is 4.74 Å². The monoisotopic (exact) mass is 147 g/mol. The fourth-order valence-corrected chi connectivity index (χ4v) is 1.86. The molecule has 3 rings (SSSR count). The van der Waals surface area contributed by atoms with E-state index in [0.29, 0.717) is 12.2 Å². The van der Waals surface area contributed by atoms with Crippen LogP contribution in [0.25, 0.3) is 0 Å². The predicted molar refractivity (Wildman–Crippen MR) is 40.2 cm³/mol. The van der Waals surface area contributed by atoms with Gasteiger partial charge in [0.2, 0.25) is 0 Å². The Kier molecular flexibility index (Phi) is 0.950. The summed E-state index contributed by atoms with van der Waals surface area (Å²) in [5, 5.41) is 0. The van der Waals surface area contributed by atoms with Gasteiger partial charge >= 0.3 is 0 Å². The van der Waals surface area contributed by atoms with Crippen molar-refractivity contribution in [2.75, 3.05) is 0 Å². The van der Waals surface area contributed by atoms with Crippen LogP contribution in [0.3, 0.4) is 0 Å². The molecule has 1 aromatic rings. The molecule has 2 nitrogen and oxygen atoms in total. The van der Waals surface area contributed by atoms with Gasteiger partial charge in [-0.1, -0.05) is 0 Å². The maximum absolute atomic E-state index is 5.48. The first kappa shape index (κ1) is 5.72. The van der Waals surface area contributed by atoms with E-state index >= 15 is 0 Å². The van der Waals surface area contributed by atoms with Gasteiger partial charge in [-0.25, -0.2) is 0 Å². The highest BCUT2D eigenvalue weighted by Crippen LogP contribution is 2.46. The molecule has 1 saturated heterocycles. The molecule has 2 heteroatoms. The first-order valence-electron chi connectivity index (χ1n) is 4.03. The number of aryl methyl sites for hydroxylation is 1. The molecule has 2 unspecified atom stereocenters. The molecular weight excluding hydrogens is 138 g/mol. The van der Waals surface area contributed by atoms with Crippen molar-refractivity contribution in [1.82, 2.24) is 4.98 Å². The van der Waals surface area contributed by atoms with E-state index in [4.69, 9.17) is 4.74 Å². The van der Waals surface area contributed by atoms with Crippen LogP contribution in [-0.2, 0) is 11.2 Å². The summed E-state index contributed by atoms with van der Waals surface area (Å²) < 4.78 is 5.48. The third-order valence-corrected chi connectivity index (χ3v) is 2.53. The number of ether oxygens (including phenoxy) is 1. The molecule has 0 spiro atoms. The average molecular weight is 147 g/mol. The largest absolute Gasteiger partial charge is 0.364 e. The Morgan fingerprint density at radius 1 is 1.55 bits per heavy atom. The number of rotatable bonds is 0. The van der Waals surface area contributed by atoms with Crippen LogP contribution in [0, 0.1) is 0 Å². The van der Waals surface area contributed by atoms with Crippen molar-refractivity contribution in [3.8, 4) is 0 Å². The van der Waals surface area contributed by atoms with Crippen LogP contribution in [0.2, 0.25) is 0 Å². The summed E-state index contributed by atoms with van der Waals surface area (Å²) in [6, 6.07) is 2.08. The van der Waals surface area contributed by atoms with Crippen molar-refractivity contribution >= 4 is 0 Å². The van der Waals surface area contributed by atoms with Crippen LogP contribution >= 0.6 is 0 Å². The van der Waals surface area contributed by atoms with E-state index in [-0.39, 0.29) is 0 Å². The van der Waals surface area contributed by atoms with Crippen molar-refractivity contribution in [2.24, 2.45) is 0 Å². The number of hydrogen-bond donors (Lipinski definition) is 0. The lowest BCUT2D eigenvalue weighted by atomic mass is 9.94. The van der Waals surface area contributed by atoms with Crippen molar-refractivity contribution in [3.63, 3.8) is 0 Å². The van der Waals surface area contributed by atoms with E-state index in [1.54, 1.807) is 0 Å². The lowest BCUT2D eigenvalue weighted by Crippen LogP contribution is -2.04. The Morgan fingerprint density at radius 2 is 2.55 bits per heavy atom. The fraction of sp³-hybridized carbons (Fsp3) is 0.444. The highest BCUT2D eigenvalue weighted by atomic mass is 16.6. The molecule has 0 amide bonds. The normalized spacial score (nSPS) is 32.4. The van der Waals surface area contributed by atoms with Crippen molar-refractivity contribution in [2.45, 2.75) is 25.0 Å². The Balaban J connectivity index is 2.14. The minimum Gasteiger partial charge on any atom is -0.364 e. The molecule has 0 saturated carbocycles. The van der Waals surface area contributed by atoms with Crippen LogP contribution in [0.5, 0.6) is 0 Å². The van der Waals surface area contributed by atoms with Gasteiger partial charge in [0, 0.05) is 12.4 Å². The van der Waals surface area contributed by atoms with Gasteiger partial charge in [-0.3, -0.25) is 4.98 Å². The quantitative estimate of drug-likeness (QED) is 0.519. The van der Waals surface area contributed by atoms with E-state index in [2.05, 4.69) is 11.1 Å². The summed E-state index contributed by atoms with van der Waals surface area (Å²) in [4.78, 5) is 4.10. The number of pyridine rings is 1. The molecule has 0 bridgehead atoms. The van der Waals surface area contributed by atoms with Gasteiger partial charge in [0.05, 0.1) is 6.10 Å². The standard InChI is InChI=1S/C9H9NO/c1-2-8-9(11-8)7-3-4-10-5-6(1)7/h3-5,8-9H,1-2H2. The summed E-state index contributed by atoms with van der Waals surface area (Å²) in [6.45, 7) is 0. The van der Waals surface area contributed by atoms with Crippen molar-refractivity contribution in [1.29, 1.82) is 0 Å². The molecule has 2 heterocycles. The zero-order chi connectivity index (χ0) is 7.26. The zero-order valence-electron chi connectivity index (χ0n) is 6.16. The van der Waals surface area contributed by atoms with Gasteiger partial charge in [-0.15, -0.1) is 0 Å². The minimum atomic E-state index is 0.418. The molecular formula is C9H9NO. The summed E-state index contributed by atoms with van der Waals surface area (Å²) in [7, 11) is 0. The highest BCUT2D eigenvalue weighted by Gasteiger charge is 2.43. The summed E-state index contributed by atoms with van der Waals surface area (Å²) in [5.41, 5.74) is 2.75. The molecule has 0 aromatic carbocycles. The van der Waals surface area contributed by atoms with Gasteiger partial charge in [0.25, 0.3) is 0 Å². The number of aromatic nitrogens is 1. The molecule has 11 heavy (non-hydrogen) atoms. The van der Waals surface area contributed by atoms with E-state index in [0.717, 1.165) is 6.42 Å². The topological polar surface area (TPSA) is 25.4 Å². The Labute approximate surface area is 65.2 Å². The Morgan fingerprint density at radius 3 is 3.55 bits per heavy atom. The predicted octanol–water partition coefficient (Wildman–Crippen LogP) is 1.47. The molecule has 0 radical (unpaired) electrons. The first-order valence-corrected chi connectivity index (χ1v) is 4.03. The number of nitrogens with zero attached hydrogens (tertiary/aromatic N) is 1. The molecule has 1 aliphatic heterocycles. The Hall–Kier alpha value is -0.890. The van der Waals surface area contributed by atoms with Gasteiger partial charge < -0.3 is 4.74 Å². The van der Waals surface area contributed by atoms with E-state index in [9.17, 15) is 0 Å². The van der Waals surface area contributed by atoms with Crippen LogP contribution in [0.1, 0.15) is 23.7 Å². The molecule has 1 fully saturated rings. The van der Waals surface area contributed by atoms with Gasteiger partial charge in [0.1, 0.15) is 6.10 Å². The van der Waals surface area contributed by atoms with E-state index < -0.39 is 0 Å². The summed E-state index contributed by atoms with van der Waals surface area (Å²) in [5.74, 6) is 0. The molecule has 1 aliphatic carbocycles. The van der Waals surface area contributed by atoms with Gasteiger partial charge in [-0.05, 0) is 30.0 Å². The maximum atomic E-state index is 5.48. The molecule has 2 atom stereocenters. The maximum Gasteiger partial charge on any atom is 0.110 e. The molecule has 1 aromatic heterocycles. The summed E-state index contributed by atoms with van der Waals surface area (Å²) in [6.07, 6.45) is 7.09. The molecule has 0 N–H and O–H groups in total. The number of fused-ring (bicyclic) bond motifs is 3. The van der Waals surface area contributed by atoms with Crippen LogP contribution in [-0.4, -0.2) is 11.1 Å². The second-order valence-corrected chi connectivity index (χ2v) is 3.21. The van der Waals surface area contributed by atoms with Crippen LogP contribution in [0.4, 0.5) is 0 Å². The van der Waals surface area contributed by atoms with Crippen LogP contribution in [0.15, 0.2) is 18.5 Å². The van der Waals surface area contributed by atoms with Crippen molar-refractivity contribution in [3.05, 3.63) is 29.6 Å². The van der Waals surface area contributed by atoms with Crippen LogP contribution < -0.4 is 0 Å². The first-order chi connectivity index (χ1) is 5.45. The lowest BCUT2D eigenvalue weighted by Gasteiger charge is -2.09. The fourth-order valence-electron chi connectivity index (χ4n) is 1.86. The highest BCUT2D eigenvalue weighted by molar-refractivity contribution is 5.32. The molecule has 2 aliphatic rings. The Bertz CT molecular complexity index is 297. The lowest BCUT2D eigenvalue weighted by molar-refractivity contribution is 0.372. The third-order valence-electron chi connectivity index (χ3n) is 2.53.